The van der Waals surface area contributed by atoms with Crippen LogP contribution in [-0.4, -0.2) is 22.2 Å². The van der Waals surface area contributed by atoms with E-state index in [-0.39, 0.29) is 5.91 Å². The maximum absolute atomic E-state index is 12.3. The minimum atomic E-state index is -0.501. The van der Waals surface area contributed by atoms with Gasteiger partial charge in [-0.1, -0.05) is 66.7 Å². The third-order valence-corrected chi connectivity index (χ3v) is 4.45. The Balaban J connectivity index is 1.64. The van der Waals surface area contributed by atoms with Crippen molar-refractivity contribution in [3.8, 4) is 0 Å². The van der Waals surface area contributed by atoms with Crippen molar-refractivity contribution >= 4 is 22.4 Å². The number of nitrogens with one attached hydrogen (secondary N) is 1. The fraction of sp³-hybridized carbons (Fsp3) is 0.0952. The number of amides is 1. The number of fused-ring (bicyclic) bond motifs is 1. The van der Waals surface area contributed by atoms with E-state index in [1.807, 2.05) is 60.7 Å². The Morgan fingerprint density at radius 1 is 0.920 bits per heavy atom. The van der Waals surface area contributed by atoms with Gasteiger partial charge in [-0.25, -0.2) is 0 Å². The molecule has 0 bridgehead atoms. The summed E-state index contributed by atoms with van der Waals surface area (Å²) in [6.07, 6.45) is 1.95. The largest absolute Gasteiger partial charge is 0.372 e. The summed E-state index contributed by atoms with van der Waals surface area (Å²) in [6, 6.07) is 23.5. The molecule has 1 aliphatic heterocycles. The van der Waals surface area contributed by atoms with Crippen molar-refractivity contribution < 1.29 is 10.0 Å². The van der Waals surface area contributed by atoms with Gasteiger partial charge < -0.3 is 5.32 Å². The molecule has 4 rings (SSSR count). The molecule has 0 aliphatic carbocycles. The molecule has 1 heterocycles. The quantitative estimate of drug-likeness (QED) is 0.722. The number of benzene rings is 3. The average molecular weight is 330 g/mol. The molecule has 0 aromatic heterocycles. The normalized spacial score (nSPS) is 17.3. The van der Waals surface area contributed by atoms with Crippen LogP contribution in [0.1, 0.15) is 11.1 Å². The Morgan fingerprint density at radius 2 is 1.64 bits per heavy atom. The molecule has 0 fully saturated rings. The highest BCUT2D eigenvalue weighted by Crippen LogP contribution is 2.23. The van der Waals surface area contributed by atoms with Gasteiger partial charge >= 0.3 is 0 Å². The van der Waals surface area contributed by atoms with E-state index in [0.717, 1.165) is 27.6 Å². The second-order valence-electron chi connectivity index (χ2n) is 6.17. The Labute approximate surface area is 146 Å². The number of rotatable bonds is 3. The molecule has 1 amide bonds. The predicted octanol–water partition coefficient (Wildman–Crippen LogP) is 3.57. The van der Waals surface area contributed by atoms with Crippen LogP contribution >= 0.6 is 0 Å². The van der Waals surface area contributed by atoms with Gasteiger partial charge in [0.05, 0.1) is 11.9 Å². The van der Waals surface area contributed by atoms with Crippen LogP contribution in [0.15, 0.2) is 79.0 Å². The lowest BCUT2D eigenvalue weighted by Gasteiger charge is -2.29. The Morgan fingerprint density at radius 3 is 2.44 bits per heavy atom. The number of hydrogen-bond acceptors (Lipinski definition) is 3. The molecular formula is C21H18N2O2. The summed E-state index contributed by atoms with van der Waals surface area (Å²) in [5.74, 6) is -0.353. The summed E-state index contributed by atoms with van der Waals surface area (Å²) < 4.78 is 0. The van der Waals surface area contributed by atoms with Gasteiger partial charge in [0.1, 0.15) is 6.04 Å². The average Bonchev–Trinajstić information content (AvgIpc) is 2.65. The zero-order chi connectivity index (χ0) is 17.2. The van der Waals surface area contributed by atoms with Crippen LogP contribution in [0.5, 0.6) is 0 Å². The first-order valence-corrected chi connectivity index (χ1v) is 8.24. The first-order valence-electron chi connectivity index (χ1n) is 8.24. The molecule has 0 saturated carbocycles. The molecule has 1 aliphatic rings. The van der Waals surface area contributed by atoms with E-state index in [0.29, 0.717) is 11.5 Å². The van der Waals surface area contributed by atoms with Crippen molar-refractivity contribution in [2.24, 2.45) is 0 Å². The van der Waals surface area contributed by atoms with Crippen molar-refractivity contribution in [2.45, 2.75) is 12.5 Å². The van der Waals surface area contributed by atoms with Gasteiger partial charge in [-0.2, -0.15) is 5.06 Å². The van der Waals surface area contributed by atoms with Crippen LogP contribution in [0.2, 0.25) is 0 Å². The number of carbonyl (C=O) groups excluding carboxylic acids is 1. The molecule has 124 valence electrons. The fourth-order valence-electron chi connectivity index (χ4n) is 3.14. The third kappa shape index (κ3) is 3.12. The van der Waals surface area contributed by atoms with E-state index in [9.17, 15) is 10.0 Å². The van der Waals surface area contributed by atoms with Crippen LogP contribution in [0.3, 0.4) is 0 Å². The smallest absolute Gasteiger partial charge is 0.272 e. The van der Waals surface area contributed by atoms with Gasteiger partial charge in [0, 0.05) is 6.42 Å². The monoisotopic (exact) mass is 330 g/mol. The van der Waals surface area contributed by atoms with Crippen LogP contribution < -0.4 is 5.32 Å². The summed E-state index contributed by atoms with van der Waals surface area (Å²) in [5.41, 5.74) is 2.71. The number of hydroxylamine groups is 2. The van der Waals surface area contributed by atoms with Gasteiger partial charge in [0.15, 0.2) is 0 Å². The minimum Gasteiger partial charge on any atom is -0.372 e. The van der Waals surface area contributed by atoms with E-state index in [4.69, 9.17) is 0 Å². The van der Waals surface area contributed by atoms with Crippen molar-refractivity contribution in [2.75, 3.05) is 0 Å². The van der Waals surface area contributed by atoms with Crippen LogP contribution in [0, 0.1) is 0 Å². The molecule has 0 spiro atoms. The van der Waals surface area contributed by atoms with E-state index >= 15 is 0 Å². The standard InChI is InChI=1S/C21H18N2O2/c24-21-19(12-15-6-2-1-3-7-15)22-20(14-23(21)25)18-11-10-16-8-4-5-9-17(16)13-18/h1-11,13-14,19,22,25H,12H2. The molecule has 25 heavy (non-hydrogen) atoms. The van der Waals surface area contributed by atoms with Crippen molar-refractivity contribution in [3.63, 3.8) is 0 Å². The second-order valence-corrected chi connectivity index (χ2v) is 6.17. The van der Waals surface area contributed by atoms with Crippen molar-refractivity contribution in [1.82, 2.24) is 10.4 Å². The Bertz CT molecular complexity index is 950. The molecule has 0 saturated heterocycles. The molecule has 1 atom stereocenters. The predicted molar refractivity (Wildman–Crippen MR) is 97.6 cm³/mol. The van der Waals surface area contributed by atoms with E-state index < -0.39 is 6.04 Å². The second kappa shape index (κ2) is 6.42. The third-order valence-electron chi connectivity index (χ3n) is 4.45. The van der Waals surface area contributed by atoms with Crippen LogP contribution in [0.25, 0.3) is 16.5 Å². The summed E-state index contributed by atoms with van der Waals surface area (Å²) in [5, 5.41) is 16.3. The van der Waals surface area contributed by atoms with Crippen molar-refractivity contribution in [1.29, 1.82) is 0 Å². The summed E-state index contributed by atoms with van der Waals surface area (Å²) in [7, 11) is 0. The topological polar surface area (TPSA) is 52.6 Å². The van der Waals surface area contributed by atoms with Gasteiger partial charge in [0.2, 0.25) is 0 Å². The molecule has 3 aromatic rings. The Kier molecular flexibility index (Phi) is 3.96. The first kappa shape index (κ1) is 15.4. The van der Waals surface area contributed by atoms with Gasteiger partial charge in [-0.15, -0.1) is 0 Å². The van der Waals surface area contributed by atoms with Crippen LogP contribution in [0.4, 0.5) is 0 Å². The first-order chi connectivity index (χ1) is 12.2. The maximum atomic E-state index is 12.3. The van der Waals surface area contributed by atoms with Gasteiger partial charge in [-0.05, 0) is 28.0 Å². The molecule has 4 nitrogen and oxygen atoms in total. The van der Waals surface area contributed by atoms with Gasteiger partial charge in [0.25, 0.3) is 5.91 Å². The number of hydrogen-bond donors (Lipinski definition) is 2. The van der Waals surface area contributed by atoms with E-state index in [2.05, 4.69) is 17.4 Å². The lowest BCUT2D eigenvalue weighted by molar-refractivity contribution is -0.157. The highest BCUT2D eigenvalue weighted by atomic mass is 16.5. The SMILES string of the molecule is O=C1C(Cc2ccccc2)NC(c2ccc3ccccc3c2)=CN1O. The highest BCUT2D eigenvalue weighted by Gasteiger charge is 2.28. The zero-order valence-electron chi connectivity index (χ0n) is 13.6. The van der Waals surface area contributed by atoms with E-state index in [1.165, 1.54) is 6.20 Å². The van der Waals surface area contributed by atoms with Crippen molar-refractivity contribution in [3.05, 3.63) is 90.1 Å². The minimum absolute atomic E-state index is 0.353. The molecule has 2 N–H and O–H groups in total. The number of carbonyl (C=O) groups is 1. The summed E-state index contributed by atoms with van der Waals surface area (Å²) in [6.45, 7) is 0. The molecule has 0 radical (unpaired) electrons. The molecule has 3 aromatic carbocycles. The summed E-state index contributed by atoms with van der Waals surface area (Å²) in [4.78, 5) is 12.3. The van der Waals surface area contributed by atoms with Gasteiger partial charge in [-0.3, -0.25) is 10.0 Å². The van der Waals surface area contributed by atoms with E-state index in [1.54, 1.807) is 0 Å². The maximum Gasteiger partial charge on any atom is 0.272 e. The molecule has 1 unspecified atom stereocenters. The fourth-order valence-corrected chi connectivity index (χ4v) is 3.14. The zero-order valence-corrected chi connectivity index (χ0v) is 13.6. The highest BCUT2D eigenvalue weighted by molar-refractivity contribution is 5.90. The number of nitrogens with zero attached hydrogens (tertiary/aromatic N) is 1. The molecule has 4 heteroatoms. The lowest BCUT2D eigenvalue weighted by atomic mass is 10.0. The molecular weight excluding hydrogens is 312 g/mol. The lowest BCUT2D eigenvalue weighted by Crippen LogP contribution is -2.48. The van der Waals surface area contributed by atoms with Crippen LogP contribution in [-0.2, 0) is 11.2 Å². The summed E-state index contributed by atoms with van der Waals surface area (Å²) >= 11 is 0. The Hall–Kier alpha value is -3.11.